The molecule has 118 valence electrons. The normalized spacial score (nSPS) is 21.8. The van der Waals surface area contributed by atoms with Gasteiger partial charge >= 0.3 is 0 Å². The molecule has 5 heteroatoms. The van der Waals surface area contributed by atoms with Crippen molar-refractivity contribution in [2.45, 2.75) is 44.4 Å². The van der Waals surface area contributed by atoms with Crippen molar-refractivity contribution in [3.8, 4) is 0 Å². The van der Waals surface area contributed by atoms with Gasteiger partial charge in [-0.2, -0.15) is 0 Å². The minimum Gasteiger partial charge on any atom is -0.358 e. The van der Waals surface area contributed by atoms with Crippen LogP contribution in [0.25, 0.3) is 0 Å². The molecule has 22 heavy (non-hydrogen) atoms. The van der Waals surface area contributed by atoms with Crippen LogP contribution in [-0.4, -0.2) is 39.5 Å². The van der Waals surface area contributed by atoms with E-state index in [0.717, 1.165) is 29.5 Å². The maximum absolute atomic E-state index is 12.9. The average Bonchev–Trinajstić information content (AvgIpc) is 3.13. The molecular formula is C17H22N2OS2. The highest BCUT2D eigenvalue weighted by molar-refractivity contribution is 8.23. The maximum Gasteiger partial charge on any atom is 0.240 e. The van der Waals surface area contributed by atoms with Crippen molar-refractivity contribution in [2.24, 2.45) is 0 Å². The lowest BCUT2D eigenvalue weighted by molar-refractivity contribution is -0.118. The summed E-state index contributed by atoms with van der Waals surface area (Å²) in [5.41, 5.74) is 2.34. The van der Waals surface area contributed by atoms with Crippen LogP contribution in [0.3, 0.4) is 0 Å². The van der Waals surface area contributed by atoms with E-state index in [0.29, 0.717) is 0 Å². The van der Waals surface area contributed by atoms with Crippen LogP contribution in [0.2, 0.25) is 0 Å². The third-order valence-corrected chi connectivity index (χ3v) is 6.00. The molecule has 2 aliphatic heterocycles. The number of para-hydroxylation sites is 1. The summed E-state index contributed by atoms with van der Waals surface area (Å²) in [6.45, 7) is 6.17. The number of likely N-dealkylation sites (tertiary alicyclic amines) is 1. The molecule has 0 aliphatic carbocycles. The van der Waals surface area contributed by atoms with E-state index in [1.165, 1.54) is 30.2 Å². The quantitative estimate of drug-likeness (QED) is 0.773. The fourth-order valence-corrected chi connectivity index (χ4v) is 4.74. The number of fused-ring (bicyclic) bond motifs is 1. The maximum atomic E-state index is 12.9. The van der Waals surface area contributed by atoms with E-state index in [1.807, 2.05) is 30.0 Å². The fourth-order valence-electron chi connectivity index (χ4n) is 3.27. The molecule has 2 heterocycles. The Morgan fingerprint density at radius 3 is 2.73 bits per heavy atom. The Kier molecular flexibility index (Phi) is 4.73. The summed E-state index contributed by atoms with van der Waals surface area (Å²) in [6.07, 6.45) is 3.36. The summed E-state index contributed by atoms with van der Waals surface area (Å²) in [6, 6.07) is 8.44. The first kappa shape index (κ1) is 15.8. The number of hydrogen-bond donors (Lipinski definition) is 0. The van der Waals surface area contributed by atoms with Crippen LogP contribution in [0.15, 0.2) is 24.3 Å². The molecule has 1 amide bonds. The van der Waals surface area contributed by atoms with Gasteiger partial charge in [-0.15, -0.1) is 0 Å². The first-order valence-electron chi connectivity index (χ1n) is 7.94. The van der Waals surface area contributed by atoms with Crippen molar-refractivity contribution in [3.63, 3.8) is 0 Å². The second-order valence-electron chi connectivity index (χ2n) is 6.11. The number of hydrogen-bond acceptors (Lipinski definition) is 3. The van der Waals surface area contributed by atoms with Gasteiger partial charge in [-0.05, 0) is 44.7 Å². The van der Waals surface area contributed by atoms with E-state index in [9.17, 15) is 4.79 Å². The van der Waals surface area contributed by atoms with Crippen molar-refractivity contribution in [2.75, 3.05) is 18.0 Å². The third-order valence-electron chi connectivity index (χ3n) is 4.43. The van der Waals surface area contributed by atoms with E-state index < -0.39 is 0 Å². The summed E-state index contributed by atoms with van der Waals surface area (Å²) in [7, 11) is 0. The van der Waals surface area contributed by atoms with Crippen molar-refractivity contribution < 1.29 is 4.79 Å². The van der Waals surface area contributed by atoms with Crippen molar-refractivity contribution in [1.29, 1.82) is 0 Å². The zero-order valence-corrected chi connectivity index (χ0v) is 14.8. The Labute approximate surface area is 142 Å². The van der Waals surface area contributed by atoms with Crippen LogP contribution in [0.5, 0.6) is 0 Å². The Morgan fingerprint density at radius 2 is 2.00 bits per heavy atom. The lowest BCUT2D eigenvalue weighted by Gasteiger charge is -2.27. The standard InChI is InChI=1S/C17H22N2OS2/c1-12-11-14-7-3-4-8-15(14)19(12)16(20)13(2)22-17(21)18-9-5-6-10-18/h3-4,7-8,12-13H,5-6,9-11H2,1-2H3. The number of carbonyl (C=O) groups is 1. The van der Waals surface area contributed by atoms with Crippen molar-refractivity contribution in [3.05, 3.63) is 29.8 Å². The molecule has 0 spiro atoms. The lowest BCUT2D eigenvalue weighted by atomic mass is 10.1. The van der Waals surface area contributed by atoms with Crippen LogP contribution in [-0.2, 0) is 11.2 Å². The number of benzene rings is 1. The zero-order chi connectivity index (χ0) is 15.7. The van der Waals surface area contributed by atoms with Gasteiger partial charge in [-0.3, -0.25) is 4.79 Å². The van der Waals surface area contributed by atoms with Gasteiger partial charge in [0.2, 0.25) is 5.91 Å². The van der Waals surface area contributed by atoms with E-state index in [1.54, 1.807) is 0 Å². The second kappa shape index (κ2) is 6.59. The predicted molar refractivity (Wildman–Crippen MR) is 97.6 cm³/mol. The van der Waals surface area contributed by atoms with Gasteiger partial charge in [0.1, 0.15) is 4.32 Å². The molecule has 0 bridgehead atoms. The van der Waals surface area contributed by atoms with Crippen molar-refractivity contribution in [1.82, 2.24) is 4.90 Å². The summed E-state index contributed by atoms with van der Waals surface area (Å²) < 4.78 is 0.874. The number of thioether (sulfide) groups is 1. The highest BCUT2D eigenvalue weighted by Crippen LogP contribution is 2.34. The van der Waals surface area contributed by atoms with Gasteiger partial charge in [-0.1, -0.05) is 42.2 Å². The molecule has 2 unspecified atom stereocenters. The van der Waals surface area contributed by atoms with Gasteiger partial charge in [0.25, 0.3) is 0 Å². The topological polar surface area (TPSA) is 23.6 Å². The number of thiocarbonyl (C=S) groups is 1. The van der Waals surface area contributed by atoms with Crippen LogP contribution < -0.4 is 4.90 Å². The number of anilines is 1. The molecule has 2 atom stereocenters. The Morgan fingerprint density at radius 1 is 1.32 bits per heavy atom. The van der Waals surface area contributed by atoms with Gasteiger partial charge < -0.3 is 9.80 Å². The van der Waals surface area contributed by atoms with E-state index >= 15 is 0 Å². The van der Waals surface area contributed by atoms with Crippen LogP contribution in [0, 0.1) is 0 Å². The first-order valence-corrected chi connectivity index (χ1v) is 9.23. The second-order valence-corrected chi connectivity index (χ2v) is 8.08. The lowest BCUT2D eigenvalue weighted by Crippen LogP contribution is -2.41. The first-order chi connectivity index (χ1) is 10.6. The molecule has 1 saturated heterocycles. The average molecular weight is 335 g/mol. The minimum atomic E-state index is -0.137. The molecule has 2 aliphatic rings. The SMILES string of the molecule is CC(SC(=S)N1CCCC1)C(=O)N1c2ccccc2CC1C. The Bertz CT molecular complexity index is 584. The van der Waals surface area contributed by atoms with Crippen LogP contribution in [0.4, 0.5) is 5.69 Å². The summed E-state index contributed by atoms with van der Waals surface area (Å²) in [5.74, 6) is 0.170. The summed E-state index contributed by atoms with van der Waals surface area (Å²) >= 11 is 7.04. The summed E-state index contributed by atoms with van der Waals surface area (Å²) in [5, 5.41) is -0.137. The van der Waals surface area contributed by atoms with E-state index in [2.05, 4.69) is 17.9 Å². The molecule has 0 radical (unpaired) electrons. The molecular weight excluding hydrogens is 312 g/mol. The molecule has 0 N–H and O–H groups in total. The molecule has 1 aromatic carbocycles. The zero-order valence-electron chi connectivity index (χ0n) is 13.1. The smallest absolute Gasteiger partial charge is 0.240 e. The van der Waals surface area contributed by atoms with E-state index in [-0.39, 0.29) is 17.2 Å². The minimum absolute atomic E-state index is 0.137. The van der Waals surface area contributed by atoms with Crippen LogP contribution in [0.1, 0.15) is 32.3 Å². The van der Waals surface area contributed by atoms with Gasteiger partial charge in [0, 0.05) is 24.8 Å². The van der Waals surface area contributed by atoms with Gasteiger partial charge in [0.15, 0.2) is 0 Å². The Balaban J connectivity index is 1.69. The summed E-state index contributed by atoms with van der Waals surface area (Å²) in [4.78, 5) is 17.1. The molecule has 1 fully saturated rings. The van der Waals surface area contributed by atoms with Crippen LogP contribution >= 0.6 is 24.0 Å². The number of amides is 1. The molecule has 3 rings (SSSR count). The van der Waals surface area contributed by atoms with E-state index in [4.69, 9.17) is 12.2 Å². The number of rotatable bonds is 2. The predicted octanol–water partition coefficient (Wildman–Crippen LogP) is 3.47. The van der Waals surface area contributed by atoms with Gasteiger partial charge in [-0.25, -0.2) is 0 Å². The molecule has 1 aromatic rings. The number of nitrogens with zero attached hydrogens (tertiary/aromatic N) is 2. The monoisotopic (exact) mass is 334 g/mol. The Hall–Kier alpha value is -1.07. The van der Waals surface area contributed by atoms with Gasteiger partial charge in [0.05, 0.1) is 5.25 Å². The largest absolute Gasteiger partial charge is 0.358 e. The highest BCUT2D eigenvalue weighted by Gasteiger charge is 2.34. The molecule has 0 aromatic heterocycles. The molecule has 3 nitrogen and oxygen atoms in total. The third kappa shape index (κ3) is 3.01. The highest BCUT2D eigenvalue weighted by atomic mass is 32.2. The number of carbonyl (C=O) groups excluding carboxylic acids is 1. The van der Waals surface area contributed by atoms with Crippen molar-refractivity contribution >= 4 is 39.9 Å². The fraction of sp³-hybridized carbons (Fsp3) is 0.529. The molecule has 0 saturated carbocycles.